The zero-order chi connectivity index (χ0) is 12.3. The molecule has 1 aliphatic rings. The van der Waals surface area contributed by atoms with E-state index in [2.05, 4.69) is 33.0 Å². The van der Waals surface area contributed by atoms with E-state index >= 15 is 0 Å². The molecule has 1 heteroatoms. The summed E-state index contributed by atoms with van der Waals surface area (Å²) in [7, 11) is 0. The zero-order valence-corrected chi connectivity index (χ0v) is 11.6. The number of pyridine rings is 1. The first-order chi connectivity index (χ1) is 8.13. The highest BCUT2D eigenvalue weighted by Gasteiger charge is 2.20. The monoisotopic (exact) mass is 231 g/mol. The minimum absolute atomic E-state index is 0.268. The van der Waals surface area contributed by atoms with Crippen LogP contribution in [0.3, 0.4) is 0 Å². The lowest BCUT2D eigenvalue weighted by Crippen LogP contribution is -2.17. The minimum Gasteiger partial charge on any atom is -0.261 e. The van der Waals surface area contributed by atoms with Crippen molar-refractivity contribution < 1.29 is 0 Å². The molecule has 1 heterocycles. The van der Waals surface area contributed by atoms with Gasteiger partial charge in [0.05, 0.1) is 0 Å². The van der Waals surface area contributed by atoms with Gasteiger partial charge in [-0.05, 0) is 48.6 Å². The molecule has 0 aliphatic heterocycles. The standard InChI is InChI=1S/C16H25N/c1-4-16(2,3)14-11-13-9-7-5-6-8-10-15(13)17-12-14/h11-12H,4-10H2,1-3H3. The molecule has 17 heavy (non-hydrogen) atoms. The predicted octanol–water partition coefficient (Wildman–Crippen LogP) is 4.43. The quantitative estimate of drug-likeness (QED) is 0.734. The smallest absolute Gasteiger partial charge is 0.0435 e. The van der Waals surface area contributed by atoms with Crippen molar-refractivity contribution in [2.45, 2.75) is 71.1 Å². The number of hydrogen-bond acceptors (Lipinski definition) is 1. The summed E-state index contributed by atoms with van der Waals surface area (Å²) in [4.78, 5) is 4.74. The van der Waals surface area contributed by atoms with Crippen molar-refractivity contribution in [3.8, 4) is 0 Å². The van der Waals surface area contributed by atoms with Crippen molar-refractivity contribution in [1.82, 2.24) is 4.98 Å². The van der Waals surface area contributed by atoms with Gasteiger partial charge in [-0.2, -0.15) is 0 Å². The summed E-state index contributed by atoms with van der Waals surface area (Å²) >= 11 is 0. The maximum absolute atomic E-state index is 4.74. The van der Waals surface area contributed by atoms with E-state index in [-0.39, 0.29) is 5.41 Å². The second-order valence-electron chi connectivity index (χ2n) is 5.98. The van der Waals surface area contributed by atoms with Crippen molar-refractivity contribution in [3.05, 3.63) is 29.1 Å². The molecule has 0 spiro atoms. The summed E-state index contributed by atoms with van der Waals surface area (Å²) < 4.78 is 0. The fraction of sp³-hybridized carbons (Fsp3) is 0.688. The first-order valence-corrected chi connectivity index (χ1v) is 7.12. The van der Waals surface area contributed by atoms with Crippen LogP contribution in [0.4, 0.5) is 0 Å². The van der Waals surface area contributed by atoms with Gasteiger partial charge in [-0.1, -0.05) is 39.7 Å². The van der Waals surface area contributed by atoms with Crippen LogP contribution in [-0.4, -0.2) is 4.98 Å². The van der Waals surface area contributed by atoms with Gasteiger partial charge in [-0.15, -0.1) is 0 Å². The van der Waals surface area contributed by atoms with Gasteiger partial charge >= 0.3 is 0 Å². The lowest BCUT2D eigenvalue weighted by molar-refractivity contribution is 0.501. The Hall–Kier alpha value is -0.850. The van der Waals surface area contributed by atoms with Crippen LogP contribution in [0.5, 0.6) is 0 Å². The van der Waals surface area contributed by atoms with Crippen LogP contribution in [0.25, 0.3) is 0 Å². The van der Waals surface area contributed by atoms with Crippen LogP contribution in [0.15, 0.2) is 12.3 Å². The normalized spacial score (nSPS) is 17.1. The molecular formula is C16H25N. The molecule has 0 saturated carbocycles. The molecule has 2 rings (SSSR count). The van der Waals surface area contributed by atoms with Gasteiger partial charge in [0.2, 0.25) is 0 Å². The van der Waals surface area contributed by atoms with E-state index in [1.807, 2.05) is 0 Å². The maximum Gasteiger partial charge on any atom is 0.0435 e. The molecule has 1 aromatic rings. The van der Waals surface area contributed by atoms with E-state index < -0.39 is 0 Å². The molecule has 0 unspecified atom stereocenters. The Morgan fingerprint density at radius 1 is 1.12 bits per heavy atom. The predicted molar refractivity (Wildman–Crippen MR) is 73.4 cm³/mol. The van der Waals surface area contributed by atoms with Crippen LogP contribution < -0.4 is 0 Å². The molecule has 1 aliphatic carbocycles. The highest BCUT2D eigenvalue weighted by molar-refractivity contribution is 5.30. The van der Waals surface area contributed by atoms with Gasteiger partial charge in [0.25, 0.3) is 0 Å². The number of hydrogen-bond donors (Lipinski definition) is 0. The number of fused-ring (bicyclic) bond motifs is 1. The molecule has 0 N–H and O–H groups in total. The van der Waals surface area contributed by atoms with Gasteiger partial charge in [0.15, 0.2) is 0 Å². The van der Waals surface area contributed by atoms with Crippen LogP contribution >= 0.6 is 0 Å². The second-order valence-corrected chi connectivity index (χ2v) is 5.98. The molecule has 0 bridgehead atoms. The molecular weight excluding hydrogens is 206 g/mol. The molecule has 0 radical (unpaired) electrons. The third kappa shape index (κ3) is 2.88. The summed E-state index contributed by atoms with van der Waals surface area (Å²) in [5, 5.41) is 0. The Labute approximate surface area is 106 Å². The molecule has 0 atom stereocenters. The SMILES string of the molecule is CCC(C)(C)c1cnc2c(c1)CCCCCC2. The highest BCUT2D eigenvalue weighted by atomic mass is 14.7. The molecule has 0 aromatic carbocycles. The van der Waals surface area contributed by atoms with Crippen molar-refractivity contribution in [2.24, 2.45) is 0 Å². The van der Waals surface area contributed by atoms with Gasteiger partial charge in [0.1, 0.15) is 0 Å². The van der Waals surface area contributed by atoms with E-state index in [0.29, 0.717) is 0 Å². The Morgan fingerprint density at radius 3 is 2.53 bits per heavy atom. The average molecular weight is 231 g/mol. The summed E-state index contributed by atoms with van der Waals surface area (Å²) in [6.45, 7) is 6.90. The first-order valence-electron chi connectivity index (χ1n) is 7.12. The molecule has 94 valence electrons. The second kappa shape index (κ2) is 5.20. The largest absolute Gasteiger partial charge is 0.261 e. The Kier molecular flexibility index (Phi) is 3.86. The lowest BCUT2D eigenvalue weighted by Gasteiger charge is -2.24. The lowest BCUT2D eigenvalue weighted by atomic mass is 9.81. The van der Waals surface area contributed by atoms with Gasteiger partial charge < -0.3 is 0 Å². The molecule has 1 nitrogen and oxygen atoms in total. The van der Waals surface area contributed by atoms with E-state index in [1.165, 1.54) is 61.8 Å². The summed E-state index contributed by atoms with van der Waals surface area (Å²) in [5.41, 5.74) is 4.56. The van der Waals surface area contributed by atoms with Gasteiger partial charge in [0, 0.05) is 11.9 Å². The summed E-state index contributed by atoms with van der Waals surface area (Å²) in [6, 6.07) is 2.43. The number of aryl methyl sites for hydroxylation is 2. The number of nitrogens with zero attached hydrogens (tertiary/aromatic N) is 1. The highest BCUT2D eigenvalue weighted by Crippen LogP contribution is 2.29. The van der Waals surface area contributed by atoms with Crippen LogP contribution in [0, 0.1) is 0 Å². The van der Waals surface area contributed by atoms with E-state index in [9.17, 15) is 0 Å². The Balaban J connectivity index is 2.31. The van der Waals surface area contributed by atoms with E-state index in [0.717, 1.165) is 0 Å². The zero-order valence-electron chi connectivity index (χ0n) is 11.6. The molecule has 0 saturated heterocycles. The maximum atomic E-state index is 4.74. The van der Waals surface area contributed by atoms with Crippen molar-refractivity contribution in [1.29, 1.82) is 0 Å². The summed E-state index contributed by atoms with van der Waals surface area (Å²) in [5.74, 6) is 0. The fourth-order valence-corrected chi connectivity index (χ4v) is 2.52. The van der Waals surface area contributed by atoms with Gasteiger partial charge in [-0.3, -0.25) is 4.98 Å². The Bertz CT molecular complexity index is 379. The number of rotatable bonds is 2. The Morgan fingerprint density at radius 2 is 1.82 bits per heavy atom. The third-order valence-corrected chi connectivity index (χ3v) is 4.33. The topological polar surface area (TPSA) is 12.9 Å². The number of aromatic nitrogens is 1. The first kappa shape index (κ1) is 12.6. The van der Waals surface area contributed by atoms with Crippen molar-refractivity contribution in [3.63, 3.8) is 0 Å². The molecule has 0 amide bonds. The van der Waals surface area contributed by atoms with E-state index in [4.69, 9.17) is 4.98 Å². The van der Waals surface area contributed by atoms with Crippen LogP contribution in [0.2, 0.25) is 0 Å². The van der Waals surface area contributed by atoms with Crippen LogP contribution in [-0.2, 0) is 18.3 Å². The average Bonchev–Trinajstić information content (AvgIpc) is 2.29. The molecule has 0 fully saturated rings. The molecule has 1 aromatic heterocycles. The van der Waals surface area contributed by atoms with Crippen molar-refractivity contribution >= 4 is 0 Å². The van der Waals surface area contributed by atoms with E-state index in [1.54, 1.807) is 0 Å². The van der Waals surface area contributed by atoms with Gasteiger partial charge in [-0.25, -0.2) is 0 Å². The van der Waals surface area contributed by atoms with Crippen molar-refractivity contribution in [2.75, 3.05) is 0 Å². The third-order valence-electron chi connectivity index (χ3n) is 4.33. The van der Waals surface area contributed by atoms with Crippen LogP contribution in [0.1, 0.15) is 69.7 Å². The summed E-state index contributed by atoms with van der Waals surface area (Å²) in [6.07, 6.45) is 11.1. The fourth-order valence-electron chi connectivity index (χ4n) is 2.52. The minimum atomic E-state index is 0.268.